The number of primary amides is 1. The van der Waals surface area contributed by atoms with E-state index in [2.05, 4.69) is 9.89 Å². The lowest BCUT2D eigenvalue weighted by Crippen LogP contribution is -2.28. The first-order valence-electron chi connectivity index (χ1n) is 8.93. The third-order valence-electron chi connectivity index (χ3n) is 4.34. The van der Waals surface area contributed by atoms with E-state index < -0.39 is 5.91 Å². The number of nitrogens with zero attached hydrogens (tertiary/aromatic N) is 2. The molecule has 0 saturated carbocycles. The van der Waals surface area contributed by atoms with Crippen LogP contribution in [0, 0.1) is 0 Å². The molecule has 1 aromatic carbocycles. The molecule has 0 unspecified atom stereocenters. The van der Waals surface area contributed by atoms with E-state index in [0.29, 0.717) is 16.4 Å². The molecule has 144 valence electrons. The summed E-state index contributed by atoms with van der Waals surface area (Å²) in [4.78, 5) is 30.2. The van der Waals surface area contributed by atoms with Crippen LogP contribution in [0.25, 0.3) is 6.08 Å². The van der Waals surface area contributed by atoms with Crippen LogP contribution >= 0.6 is 11.8 Å². The summed E-state index contributed by atoms with van der Waals surface area (Å²) in [5.74, 6) is 0.113. The molecule has 2 aliphatic heterocycles. The Bertz CT molecular complexity index is 783. The fraction of sp³-hybridized carbons (Fsp3) is 0.421. The average molecular weight is 389 g/mol. The van der Waals surface area contributed by atoms with E-state index >= 15 is 0 Å². The van der Waals surface area contributed by atoms with Crippen molar-refractivity contribution >= 4 is 34.8 Å². The molecule has 27 heavy (non-hydrogen) atoms. The summed E-state index contributed by atoms with van der Waals surface area (Å²) in [5.41, 5.74) is 5.89. The van der Waals surface area contributed by atoms with Gasteiger partial charge in [-0.05, 0) is 48.4 Å². The minimum Gasteiger partial charge on any atom is -0.493 e. The number of hydrogen-bond donors (Lipinski definition) is 1. The van der Waals surface area contributed by atoms with Crippen LogP contribution < -0.4 is 15.2 Å². The highest BCUT2D eigenvalue weighted by molar-refractivity contribution is 8.18. The molecule has 2 amide bonds. The second-order valence-electron chi connectivity index (χ2n) is 6.38. The van der Waals surface area contributed by atoms with Crippen molar-refractivity contribution < 1.29 is 19.1 Å². The van der Waals surface area contributed by atoms with Gasteiger partial charge in [0.25, 0.3) is 11.8 Å². The maximum atomic E-state index is 12.3. The van der Waals surface area contributed by atoms with Gasteiger partial charge in [0.05, 0.1) is 12.0 Å². The fourth-order valence-corrected chi connectivity index (χ4v) is 3.95. The van der Waals surface area contributed by atoms with E-state index in [1.807, 2.05) is 0 Å². The maximum absolute atomic E-state index is 12.3. The summed E-state index contributed by atoms with van der Waals surface area (Å²) in [6.07, 6.45) is 6.53. The highest BCUT2D eigenvalue weighted by Gasteiger charge is 2.26. The van der Waals surface area contributed by atoms with Gasteiger partial charge in [-0.2, -0.15) is 4.99 Å². The number of hydrogen-bond acceptors (Lipinski definition) is 6. The van der Waals surface area contributed by atoms with E-state index in [1.54, 1.807) is 24.3 Å². The first kappa shape index (κ1) is 19.3. The second kappa shape index (κ2) is 8.94. The molecule has 2 heterocycles. The quantitative estimate of drug-likeness (QED) is 0.777. The smallest absolute Gasteiger partial charge is 0.286 e. The zero-order chi connectivity index (χ0) is 19.2. The van der Waals surface area contributed by atoms with Gasteiger partial charge in [-0.15, -0.1) is 0 Å². The highest BCUT2D eigenvalue weighted by atomic mass is 32.2. The number of nitrogens with two attached hydrogens (primary N) is 1. The number of rotatable bonds is 5. The van der Waals surface area contributed by atoms with Crippen LogP contribution in [-0.2, 0) is 9.59 Å². The number of ether oxygens (including phenoxy) is 2. The summed E-state index contributed by atoms with van der Waals surface area (Å²) in [6, 6.07) is 5.24. The highest BCUT2D eigenvalue weighted by Crippen LogP contribution is 2.33. The molecular weight excluding hydrogens is 366 g/mol. The molecule has 1 aromatic rings. The Kier molecular flexibility index (Phi) is 6.39. The summed E-state index contributed by atoms with van der Waals surface area (Å²) in [7, 11) is 1.51. The van der Waals surface area contributed by atoms with Gasteiger partial charge in [0, 0.05) is 13.1 Å². The monoisotopic (exact) mass is 389 g/mol. The Morgan fingerprint density at radius 3 is 2.67 bits per heavy atom. The second-order valence-corrected chi connectivity index (χ2v) is 7.39. The van der Waals surface area contributed by atoms with Crippen LogP contribution in [-0.4, -0.2) is 48.7 Å². The molecule has 0 atom stereocenters. The summed E-state index contributed by atoms with van der Waals surface area (Å²) >= 11 is 1.42. The van der Waals surface area contributed by atoms with Gasteiger partial charge in [-0.25, -0.2) is 0 Å². The molecule has 1 saturated heterocycles. The first-order valence-corrected chi connectivity index (χ1v) is 9.75. The van der Waals surface area contributed by atoms with Crippen molar-refractivity contribution in [2.24, 2.45) is 10.7 Å². The van der Waals surface area contributed by atoms with Gasteiger partial charge in [0.1, 0.15) is 0 Å². The Hall–Kier alpha value is -2.48. The molecule has 0 bridgehead atoms. The average Bonchev–Trinajstić information content (AvgIpc) is 2.86. The standard InChI is InChI=1S/C19H23N3O4S/c1-25-15-10-13(6-7-14(15)26-12-17(20)23)11-16-18(24)21-19(27-16)22-8-4-2-3-5-9-22/h6-7,10-11H,2-5,8-9,12H2,1H3,(H2,20,23)/b16-11-. The van der Waals surface area contributed by atoms with Crippen LogP contribution in [0.3, 0.4) is 0 Å². The van der Waals surface area contributed by atoms with Crippen LogP contribution in [0.4, 0.5) is 0 Å². The third-order valence-corrected chi connectivity index (χ3v) is 5.39. The van der Waals surface area contributed by atoms with Gasteiger partial charge in [0.2, 0.25) is 0 Å². The molecule has 0 aliphatic carbocycles. The molecule has 3 rings (SSSR count). The fourth-order valence-electron chi connectivity index (χ4n) is 2.99. The number of amides is 2. The van der Waals surface area contributed by atoms with Gasteiger partial charge >= 0.3 is 0 Å². The predicted molar refractivity (Wildman–Crippen MR) is 106 cm³/mol. The summed E-state index contributed by atoms with van der Waals surface area (Å²) in [5, 5.41) is 0.793. The molecule has 2 aliphatic rings. The topological polar surface area (TPSA) is 94.2 Å². The van der Waals surface area contributed by atoms with Crippen molar-refractivity contribution in [3.8, 4) is 11.5 Å². The zero-order valence-corrected chi connectivity index (χ0v) is 16.1. The lowest BCUT2D eigenvalue weighted by Gasteiger charge is -2.20. The van der Waals surface area contributed by atoms with Crippen LogP contribution in [0.2, 0.25) is 0 Å². The number of aliphatic imine (C=N–C) groups is 1. The van der Waals surface area contributed by atoms with Gasteiger partial charge in [-0.1, -0.05) is 18.9 Å². The Labute approximate surface area is 162 Å². The minimum absolute atomic E-state index is 0.215. The minimum atomic E-state index is -0.561. The summed E-state index contributed by atoms with van der Waals surface area (Å²) < 4.78 is 10.6. The Balaban J connectivity index is 1.73. The lowest BCUT2D eigenvalue weighted by atomic mass is 10.2. The summed E-state index contributed by atoms with van der Waals surface area (Å²) in [6.45, 7) is 1.68. The molecule has 0 aromatic heterocycles. The Morgan fingerprint density at radius 2 is 2.00 bits per heavy atom. The van der Waals surface area contributed by atoms with E-state index in [0.717, 1.165) is 36.7 Å². The van der Waals surface area contributed by atoms with E-state index in [-0.39, 0.29) is 12.5 Å². The Morgan fingerprint density at radius 1 is 1.26 bits per heavy atom. The molecule has 2 N–H and O–H groups in total. The van der Waals surface area contributed by atoms with Crippen molar-refractivity contribution in [2.75, 3.05) is 26.8 Å². The number of thioether (sulfide) groups is 1. The van der Waals surface area contributed by atoms with Crippen LogP contribution in [0.5, 0.6) is 11.5 Å². The number of benzene rings is 1. The van der Waals surface area contributed by atoms with E-state index in [1.165, 1.54) is 31.7 Å². The number of carbonyl (C=O) groups is 2. The van der Waals surface area contributed by atoms with Crippen molar-refractivity contribution in [3.63, 3.8) is 0 Å². The van der Waals surface area contributed by atoms with Crippen molar-refractivity contribution in [2.45, 2.75) is 25.7 Å². The predicted octanol–water partition coefficient (Wildman–Crippen LogP) is 2.41. The van der Waals surface area contributed by atoms with Crippen molar-refractivity contribution in [1.82, 2.24) is 4.90 Å². The molecule has 0 spiro atoms. The van der Waals surface area contributed by atoms with Gasteiger partial charge in [0.15, 0.2) is 23.3 Å². The normalized spacial score (nSPS) is 19.0. The largest absolute Gasteiger partial charge is 0.493 e. The molecule has 0 radical (unpaired) electrons. The molecular formula is C19H23N3O4S. The first-order chi connectivity index (χ1) is 13.1. The van der Waals surface area contributed by atoms with E-state index in [4.69, 9.17) is 15.2 Å². The third kappa shape index (κ3) is 5.03. The zero-order valence-electron chi connectivity index (χ0n) is 15.3. The van der Waals surface area contributed by atoms with Crippen molar-refractivity contribution in [1.29, 1.82) is 0 Å². The van der Waals surface area contributed by atoms with Gasteiger partial charge in [-0.3, -0.25) is 9.59 Å². The number of methoxy groups -OCH3 is 1. The SMILES string of the molecule is COc1cc(/C=C2\SC(N3CCCCCC3)=NC2=O)ccc1OCC(N)=O. The number of amidine groups is 1. The lowest BCUT2D eigenvalue weighted by molar-refractivity contribution is -0.120. The number of carbonyl (C=O) groups excluding carboxylic acids is 2. The molecule has 7 nitrogen and oxygen atoms in total. The molecule has 8 heteroatoms. The number of likely N-dealkylation sites (tertiary alicyclic amines) is 1. The van der Waals surface area contributed by atoms with Crippen molar-refractivity contribution in [3.05, 3.63) is 28.7 Å². The van der Waals surface area contributed by atoms with Crippen LogP contribution in [0.15, 0.2) is 28.1 Å². The van der Waals surface area contributed by atoms with Gasteiger partial charge < -0.3 is 20.1 Å². The van der Waals surface area contributed by atoms with E-state index in [9.17, 15) is 9.59 Å². The van der Waals surface area contributed by atoms with Crippen LogP contribution in [0.1, 0.15) is 31.2 Å². The maximum Gasteiger partial charge on any atom is 0.286 e. The molecule has 1 fully saturated rings.